The number of aryl methyl sites for hydroxylation is 1. The number of ether oxygens (including phenoxy) is 3. The fourth-order valence-electron chi connectivity index (χ4n) is 2.34. The van der Waals surface area contributed by atoms with Crippen molar-refractivity contribution in [2.75, 3.05) is 19.5 Å². The molecule has 1 atom stereocenters. The zero-order chi connectivity index (χ0) is 19.3. The van der Waals surface area contributed by atoms with Crippen molar-refractivity contribution in [3.05, 3.63) is 47.5 Å². The van der Waals surface area contributed by atoms with Crippen molar-refractivity contribution in [3.8, 4) is 17.2 Å². The van der Waals surface area contributed by atoms with Crippen LogP contribution in [0.3, 0.4) is 0 Å². The van der Waals surface area contributed by atoms with E-state index in [4.69, 9.17) is 14.2 Å². The summed E-state index contributed by atoms with van der Waals surface area (Å²) in [7, 11) is 2.83. The average molecular weight is 359 g/mol. The molecule has 0 saturated carbocycles. The molecule has 138 valence electrons. The second-order valence-electron chi connectivity index (χ2n) is 5.62. The summed E-state index contributed by atoms with van der Waals surface area (Å²) in [4.78, 5) is 23.9. The molecule has 0 unspecified atom stereocenters. The van der Waals surface area contributed by atoms with E-state index >= 15 is 0 Å². The largest absolute Gasteiger partial charge is 0.493 e. The number of carbonyl (C=O) groups is 2. The highest BCUT2D eigenvalue weighted by Crippen LogP contribution is 2.33. The molecular formula is C19H21NO6. The molecule has 0 heterocycles. The molecule has 2 rings (SSSR count). The number of hydrogen-bond acceptors (Lipinski definition) is 5. The number of anilines is 1. The second kappa shape index (κ2) is 8.24. The van der Waals surface area contributed by atoms with Gasteiger partial charge in [0.2, 0.25) is 0 Å². The Hall–Kier alpha value is -3.22. The van der Waals surface area contributed by atoms with E-state index < -0.39 is 18.0 Å². The van der Waals surface area contributed by atoms with Crippen LogP contribution in [0.1, 0.15) is 22.8 Å². The van der Waals surface area contributed by atoms with E-state index in [-0.39, 0.29) is 17.0 Å². The highest BCUT2D eigenvalue weighted by atomic mass is 16.5. The lowest BCUT2D eigenvalue weighted by Crippen LogP contribution is -2.30. The number of nitrogens with one attached hydrogen (secondary N) is 1. The van der Waals surface area contributed by atoms with E-state index in [2.05, 4.69) is 5.32 Å². The molecule has 0 aliphatic rings. The molecule has 0 radical (unpaired) electrons. The van der Waals surface area contributed by atoms with Gasteiger partial charge in [-0.1, -0.05) is 12.1 Å². The topological polar surface area (TPSA) is 94.1 Å². The molecule has 0 aliphatic heterocycles. The van der Waals surface area contributed by atoms with Gasteiger partial charge in [-0.3, -0.25) is 4.79 Å². The first kappa shape index (κ1) is 19.1. The maximum absolute atomic E-state index is 12.4. The van der Waals surface area contributed by atoms with E-state index in [0.717, 1.165) is 5.56 Å². The third-order valence-electron chi connectivity index (χ3n) is 3.68. The molecule has 0 spiro atoms. The molecule has 2 N–H and O–H groups in total. The number of carboxylic acids is 1. The molecule has 7 heteroatoms. The smallest absolute Gasteiger partial charge is 0.337 e. The van der Waals surface area contributed by atoms with Crippen LogP contribution in [0.15, 0.2) is 36.4 Å². The van der Waals surface area contributed by atoms with Crippen molar-refractivity contribution in [2.45, 2.75) is 20.0 Å². The molecule has 0 fully saturated rings. The Kier molecular flexibility index (Phi) is 6.06. The van der Waals surface area contributed by atoms with Crippen LogP contribution in [0, 0.1) is 6.92 Å². The van der Waals surface area contributed by atoms with Crippen molar-refractivity contribution in [3.63, 3.8) is 0 Å². The maximum Gasteiger partial charge on any atom is 0.337 e. The number of carboxylic acid groups (broad SMARTS) is 1. The van der Waals surface area contributed by atoms with Crippen molar-refractivity contribution >= 4 is 17.6 Å². The molecule has 0 saturated heterocycles. The molecule has 1 amide bonds. The van der Waals surface area contributed by atoms with E-state index in [1.54, 1.807) is 13.0 Å². The summed E-state index contributed by atoms with van der Waals surface area (Å²) in [6.45, 7) is 3.50. The summed E-state index contributed by atoms with van der Waals surface area (Å²) in [6.07, 6.45) is -0.827. The van der Waals surface area contributed by atoms with Crippen LogP contribution in [0.4, 0.5) is 5.69 Å². The van der Waals surface area contributed by atoms with Gasteiger partial charge in [-0.2, -0.15) is 0 Å². The minimum atomic E-state index is -1.20. The first-order chi connectivity index (χ1) is 12.3. The van der Waals surface area contributed by atoms with Crippen LogP contribution in [0.2, 0.25) is 0 Å². The second-order valence-corrected chi connectivity index (χ2v) is 5.62. The van der Waals surface area contributed by atoms with Crippen LogP contribution < -0.4 is 19.5 Å². The predicted molar refractivity (Wildman–Crippen MR) is 96.4 cm³/mol. The monoisotopic (exact) mass is 359 g/mol. The fourth-order valence-corrected chi connectivity index (χ4v) is 2.34. The van der Waals surface area contributed by atoms with Crippen LogP contribution in [-0.4, -0.2) is 37.3 Å². The molecule has 2 aromatic rings. The Labute approximate surface area is 151 Å². The molecular weight excluding hydrogens is 338 g/mol. The van der Waals surface area contributed by atoms with Gasteiger partial charge < -0.3 is 24.6 Å². The number of amides is 1. The Balaban J connectivity index is 2.22. The molecule has 7 nitrogen and oxygen atoms in total. The lowest BCUT2D eigenvalue weighted by atomic mass is 10.1. The van der Waals surface area contributed by atoms with Crippen molar-refractivity contribution in [1.29, 1.82) is 0 Å². The zero-order valence-electron chi connectivity index (χ0n) is 15.0. The van der Waals surface area contributed by atoms with Crippen LogP contribution in [0.25, 0.3) is 0 Å². The molecule has 0 aliphatic carbocycles. The Morgan fingerprint density at radius 1 is 1.08 bits per heavy atom. The normalized spacial score (nSPS) is 11.4. The van der Waals surface area contributed by atoms with Gasteiger partial charge in [0.25, 0.3) is 5.91 Å². The minimum Gasteiger partial charge on any atom is -0.493 e. The van der Waals surface area contributed by atoms with Crippen LogP contribution in [0.5, 0.6) is 17.2 Å². The average Bonchev–Trinajstić information content (AvgIpc) is 2.60. The molecule has 0 aromatic heterocycles. The highest BCUT2D eigenvalue weighted by molar-refractivity contribution is 6.02. The lowest BCUT2D eigenvalue weighted by molar-refractivity contribution is -0.122. The highest BCUT2D eigenvalue weighted by Gasteiger charge is 2.21. The van der Waals surface area contributed by atoms with Crippen molar-refractivity contribution in [2.24, 2.45) is 0 Å². The van der Waals surface area contributed by atoms with E-state index in [1.165, 1.54) is 26.4 Å². The number of hydrogen-bond donors (Lipinski definition) is 2. The maximum atomic E-state index is 12.4. The van der Waals surface area contributed by atoms with E-state index in [9.17, 15) is 14.7 Å². The Morgan fingerprint density at radius 3 is 2.31 bits per heavy atom. The third kappa shape index (κ3) is 4.44. The van der Waals surface area contributed by atoms with Crippen LogP contribution >= 0.6 is 0 Å². The first-order valence-corrected chi connectivity index (χ1v) is 7.89. The number of aromatic carboxylic acids is 1. The van der Waals surface area contributed by atoms with Crippen molar-refractivity contribution < 1.29 is 28.9 Å². The fraction of sp³-hybridized carbons (Fsp3) is 0.263. The molecule has 26 heavy (non-hydrogen) atoms. The summed E-state index contributed by atoms with van der Waals surface area (Å²) in [5.41, 5.74) is 0.988. The number of rotatable bonds is 7. The minimum absolute atomic E-state index is 0.0971. The van der Waals surface area contributed by atoms with Gasteiger partial charge in [-0.05, 0) is 31.5 Å². The summed E-state index contributed by atoms with van der Waals surface area (Å²) < 4.78 is 15.9. The van der Waals surface area contributed by atoms with Gasteiger partial charge in [0.15, 0.2) is 17.6 Å². The summed E-state index contributed by atoms with van der Waals surface area (Å²) in [5.74, 6) is -0.569. The number of carbonyl (C=O) groups excluding carboxylic acids is 1. The number of methoxy groups -OCH3 is 2. The van der Waals surface area contributed by atoms with Gasteiger partial charge in [-0.15, -0.1) is 0 Å². The standard InChI is InChI=1S/C19H21NO6/c1-11-6-5-7-13(8-11)26-12(2)18(21)20-15-10-17(25-4)16(24-3)9-14(15)19(22)23/h5-10,12H,1-4H3,(H,20,21)(H,22,23)/t12-/m0/s1. The van der Waals surface area contributed by atoms with E-state index in [1.807, 2.05) is 25.1 Å². The zero-order valence-corrected chi connectivity index (χ0v) is 15.0. The number of benzene rings is 2. The van der Waals surface area contributed by atoms with Gasteiger partial charge >= 0.3 is 5.97 Å². The Bertz CT molecular complexity index is 818. The van der Waals surface area contributed by atoms with Gasteiger partial charge in [0, 0.05) is 12.1 Å². The summed E-state index contributed by atoms with van der Waals surface area (Å²) in [5, 5.41) is 12.0. The van der Waals surface area contributed by atoms with Gasteiger partial charge in [0.1, 0.15) is 5.75 Å². The predicted octanol–water partition coefficient (Wildman–Crippen LogP) is 3.12. The quantitative estimate of drug-likeness (QED) is 0.789. The molecule has 2 aromatic carbocycles. The van der Waals surface area contributed by atoms with Crippen LogP contribution in [-0.2, 0) is 4.79 Å². The SMILES string of the molecule is COc1cc(NC(=O)[C@H](C)Oc2cccc(C)c2)c(C(=O)O)cc1OC. The van der Waals surface area contributed by atoms with E-state index in [0.29, 0.717) is 11.5 Å². The lowest BCUT2D eigenvalue weighted by Gasteiger charge is -2.17. The van der Waals surface area contributed by atoms with Crippen molar-refractivity contribution in [1.82, 2.24) is 0 Å². The van der Waals surface area contributed by atoms with Gasteiger partial charge in [-0.25, -0.2) is 4.79 Å². The van der Waals surface area contributed by atoms with Gasteiger partial charge in [0.05, 0.1) is 25.5 Å². The first-order valence-electron chi connectivity index (χ1n) is 7.89. The summed E-state index contributed by atoms with van der Waals surface area (Å²) >= 11 is 0. The molecule has 0 bridgehead atoms. The Morgan fingerprint density at radius 2 is 1.73 bits per heavy atom. The summed E-state index contributed by atoms with van der Waals surface area (Å²) in [6, 6.07) is 9.99. The third-order valence-corrected chi connectivity index (χ3v) is 3.68.